The van der Waals surface area contributed by atoms with Gasteiger partial charge in [0.25, 0.3) is 0 Å². The predicted octanol–water partition coefficient (Wildman–Crippen LogP) is 3.18. The lowest BCUT2D eigenvalue weighted by molar-refractivity contribution is -0.133. The topological polar surface area (TPSA) is 67.9 Å². The molecule has 0 aromatic heterocycles. The summed E-state index contributed by atoms with van der Waals surface area (Å²) in [5.74, 6) is 0.806. The van der Waals surface area contributed by atoms with Gasteiger partial charge >= 0.3 is 0 Å². The number of amides is 2. The highest BCUT2D eigenvalue weighted by molar-refractivity contribution is 5.95. The van der Waals surface area contributed by atoms with E-state index in [0.717, 1.165) is 16.8 Å². The van der Waals surface area contributed by atoms with Crippen molar-refractivity contribution in [2.45, 2.75) is 20.3 Å². The molecule has 0 spiro atoms. The van der Waals surface area contributed by atoms with Crippen molar-refractivity contribution < 1.29 is 19.1 Å². The zero-order chi connectivity index (χ0) is 19.8. The summed E-state index contributed by atoms with van der Waals surface area (Å²) >= 11 is 0. The fraction of sp³-hybridized carbons (Fsp3) is 0.333. The maximum absolute atomic E-state index is 12.2. The molecule has 144 valence electrons. The summed E-state index contributed by atoms with van der Waals surface area (Å²) in [6.45, 7) is 4.14. The minimum atomic E-state index is -0.231. The van der Waals surface area contributed by atoms with Gasteiger partial charge in [0.1, 0.15) is 0 Å². The van der Waals surface area contributed by atoms with E-state index in [4.69, 9.17) is 9.47 Å². The molecule has 0 radical (unpaired) electrons. The number of hydrogen-bond acceptors (Lipinski definition) is 4. The first kappa shape index (κ1) is 20.3. The molecule has 2 rings (SSSR count). The summed E-state index contributed by atoms with van der Waals surface area (Å²) in [7, 11) is 3.17. The Labute approximate surface area is 160 Å². The first-order valence-corrected chi connectivity index (χ1v) is 8.78. The first-order chi connectivity index (χ1) is 12.9. The van der Waals surface area contributed by atoms with E-state index in [-0.39, 0.29) is 31.4 Å². The average Bonchev–Trinajstić information content (AvgIpc) is 2.65. The van der Waals surface area contributed by atoms with Crippen LogP contribution >= 0.6 is 0 Å². The molecular weight excluding hydrogens is 344 g/mol. The van der Waals surface area contributed by atoms with E-state index in [1.165, 1.54) is 4.90 Å². The number of ether oxygens (including phenoxy) is 2. The lowest BCUT2D eigenvalue weighted by Gasteiger charge is -2.18. The Balaban J connectivity index is 1.81. The van der Waals surface area contributed by atoms with Gasteiger partial charge in [-0.2, -0.15) is 0 Å². The van der Waals surface area contributed by atoms with Crippen molar-refractivity contribution in [3.63, 3.8) is 0 Å². The maximum Gasteiger partial charge on any atom is 0.243 e. The number of rotatable bonds is 8. The predicted molar refractivity (Wildman–Crippen MR) is 105 cm³/mol. The molecule has 6 heteroatoms. The van der Waals surface area contributed by atoms with Crippen molar-refractivity contribution in [3.05, 3.63) is 53.6 Å². The zero-order valence-electron chi connectivity index (χ0n) is 16.2. The fourth-order valence-corrected chi connectivity index (χ4v) is 2.56. The van der Waals surface area contributed by atoms with E-state index in [1.807, 2.05) is 44.2 Å². The number of aryl methyl sites for hydroxylation is 1. The molecule has 0 bridgehead atoms. The summed E-state index contributed by atoms with van der Waals surface area (Å²) in [5, 5.41) is 2.85. The van der Waals surface area contributed by atoms with Gasteiger partial charge in [0.2, 0.25) is 11.8 Å². The van der Waals surface area contributed by atoms with Crippen LogP contribution in [0.15, 0.2) is 42.5 Å². The third kappa shape index (κ3) is 5.74. The van der Waals surface area contributed by atoms with Crippen LogP contribution in [0.1, 0.15) is 17.5 Å². The van der Waals surface area contributed by atoms with Crippen LogP contribution in [0.3, 0.4) is 0 Å². The quantitative estimate of drug-likeness (QED) is 0.775. The fourth-order valence-electron chi connectivity index (χ4n) is 2.56. The number of likely N-dealkylation sites (N-methyl/N-ethyl adjacent to an activating group) is 1. The molecular formula is C21H26N2O4. The molecule has 2 amide bonds. The van der Waals surface area contributed by atoms with Gasteiger partial charge in [0.15, 0.2) is 11.5 Å². The second-order valence-corrected chi connectivity index (χ2v) is 6.29. The molecule has 0 aliphatic carbocycles. The number of para-hydroxylation sites is 2. The normalized spacial score (nSPS) is 10.2. The van der Waals surface area contributed by atoms with Crippen LogP contribution < -0.4 is 14.8 Å². The summed E-state index contributed by atoms with van der Waals surface area (Å²) in [6, 6.07) is 13.0. The minimum Gasteiger partial charge on any atom is -0.493 e. The number of methoxy groups -OCH3 is 1. The SMILES string of the molecule is COc1ccccc1OCCC(=O)N(C)CC(=O)Nc1cccc(C)c1C. The minimum absolute atomic E-state index is 0.0130. The summed E-state index contributed by atoms with van der Waals surface area (Å²) in [5.41, 5.74) is 2.89. The van der Waals surface area contributed by atoms with Crippen molar-refractivity contribution in [3.8, 4) is 11.5 Å². The highest BCUT2D eigenvalue weighted by Crippen LogP contribution is 2.25. The van der Waals surface area contributed by atoms with Gasteiger partial charge in [-0.1, -0.05) is 24.3 Å². The highest BCUT2D eigenvalue weighted by atomic mass is 16.5. The largest absolute Gasteiger partial charge is 0.493 e. The molecule has 0 saturated heterocycles. The van der Waals surface area contributed by atoms with Crippen molar-refractivity contribution in [1.82, 2.24) is 4.90 Å². The third-order valence-electron chi connectivity index (χ3n) is 4.33. The number of nitrogens with zero attached hydrogens (tertiary/aromatic N) is 1. The summed E-state index contributed by atoms with van der Waals surface area (Å²) in [6.07, 6.45) is 0.172. The molecule has 6 nitrogen and oxygen atoms in total. The van der Waals surface area contributed by atoms with Crippen LogP contribution in [-0.2, 0) is 9.59 Å². The number of hydrogen-bond donors (Lipinski definition) is 1. The number of anilines is 1. The van der Waals surface area contributed by atoms with Crippen LogP contribution in [0.25, 0.3) is 0 Å². The second kappa shape index (κ2) is 9.62. The van der Waals surface area contributed by atoms with Gasteiger partial charge in [0, 0.05) is 12.7 Å². The van der Waals surface area contributed by atoms with Crippen molar-refractivity contribution in [1.29, 1.82) is 0 Å². The number of carbonyl (C=O) groups is 2. The molecule has 0 fully saturated rings. The van der Waals surface area contributed by atoms with Crippen LogP contribution in [0, 0.1) is 13.8 Å². The summed E-state index contributed by atoms with van der Waals surface area (Å²) < 4.78 is 10.8. The van der Waals surface area contributed by atoms with E-state index in [1.54, 1.807) is 26.3 Å². The maximum atomic E-state index is 12.2. The van der Waals surface area contributed by atoms with Gasteiger partial charge in [-0.15, -0.1) is 0 Å². The highest BCUT2D eigenvalue weighted by Gasteiger charge is 2.14. The number of carbonyl (C=O) groups excluding carboxylic acids is 2. The molecule has 0 unspecified atom stereocenters. The molecule has 0 saturated carbocycles. The van der Waals surface area contributed by atoms with E-state index < -0.39 is 0 Å². The van der Waals surface area contributed by atoms with E-state index in [9.17, 15) is 9.59 Å². The van der Waals surface area contributed by atoms with Crippen LogP contribution in [-0.4, -0.2) is 44.0 Å². The summed E-state index contributed by atoms with van der Waals surface area (Å²) in [4.78, 5) is 25.8. The molecule has 0 atom stereocenters. The molecule has 2 aromatic rings. The Morgan fingerprint density at radius 1 is 1.04 bits per heavy atom. The first-order valence-electron chi connectivity index (χ1n) is 8.78. The van der Waals surface area contributed by atoms with E-state index >= 15 is 0 Å². The Morgan fingerprint density at radius 2 is 1.74 bits per heavy atom. The van der Waals surface area contributed by atoms with Gasteiger partial charge in [-0.25, -0.2) is 0 Å². The lowest BCUT2D eigenvalue weighted by atomic mass is 10.1. The third-order valence-corrected chi connectivity index (χ3v) is 4.33. The van der Waals surface area contributed by atoms with E-state index in [2.05, 4.69) is 5.32 Å². The number of nitrogens with one attached hydrogen (secondary N) is 1. The Bertz CT molecular complexity index is 805. The second-order valence-electron chi connectivity index (χ2n) is 6.29. The van der Waals surface area contributed by atoms with Gasteiger partial charge < -0.3 is 19.7 Å². The van der Waals surface area contributed by atoms with Gasteiger partial charge in [-0.05, 0) is 43.2 Å². The Kier molecular flexibility index (Phi) is 7.23. The average molecular weight is 370 g/mol. The van der Waals surface area contributed by atoms with Gasteiger partial charge in [0.05, 0.1) is 26.7 Å². The van der Waals surface area contributed by atoms with Crippen molar-refractivity contribution in [2.24, 2.45) is 0 Å². The monoisotopic (exact) mass is 370 g/mol. The zero-order valence-corrected chi connectivity index (χ0v) is 16.2. The smallest absolute Gasteiger partial charge is 0.243 e. The molecule has 27 heavy (non-hydrogen) atoms. The van der Waals surface area contributed by atoms with Crippen LogP contribution in [0.2, 0.25) is 0 Å². The molecule has 1 N–H and O–H groups in total. The van der Waals surface area contributed by atoms with Crippen LogP contribution in [0.5, 0.6) is 11.5 Å². The molecule has 0 heterocycles. The Hall–Kier alpha value is -3.02. The molecule has 2 aromatic carbocycles. The van der Waals surface area contributed by atoms with E-state index in [0.29, 0.717) is 11.5 Å². The van der Waals surface area contributed by atoms with Crippen molar-refractivity contribution >= 4 is 17.5 Å². The molecule has 0 aliphatic heterocycles. The Morgan fingerprint density at radius 3 is 2.44 bits per heavy atom. The van der Waals surface area contributed by atoms with Crippen LogP contribution in [0.4, 0.5) is 5.69 Å². The number of benzene rings is 2. The molecule has 0 aliphatic rings. The van der Waals surface area contributed by atoms with Crippen molar-refractivity contribution in [2.75, 3.05) is 32.6 Å². The lowest BCUT2D eigenvalue weighted by Crippen LogP contribution is -2.35. The van der Waals surface area contributed by atoms with Gasteiger partial charge in [-0.3, -0.25) is 9.59 Å². The standard InChI is InChI=1S/C21H26N2O4/c1-15-8-7-9-17(16(15)2)22-20(24)14-23(3)21(25)12-13-27-19-11-6-5-10-18(19)26-4/h5-11H,12-14H2,1-4H3,(H,22,24).